The third-order valence-corrected chi connectivity index (χ3v) is 32.3. The summed E-state index contributed by atoms with van der Waals surface area (Å²) in [4.78, 5) is 60.9. The smallest absolute Gasteiger partial charge is 0.219 e. The maximum atomic E-state index is 13.5. The molecule has 27 atom stereocenters. The number of hydrogen-bond donors (Lipinski definition) is 3. The second-order valence-electron chi connectivity index (χ2n) is 37.5. The average molecular weight is 1290 g/mol. The van der Waals surface area contributed by atoms with Crippen molar-refractivity contribution in [2.45, 2.75) is 265 Å². The van der Waals surface area contributed by atoms with E-state index in [1.165, 1.54) is 116 Å². The Morgan fingerprint density at radius 3 is 1.34 bits per heavy atom. The standard InChI is InChI=1S/C28H46N2O3.2C26H43NO3/c1-18-15-23-20(16-28(18,4)33)5-6-22-21(23)9-10-27(3)24(22)7-8-25(27)26(32)17-29-11-13-30(14-12-29)19(2)31;1-17-16-30-13-12-27(17)15-24(28)23-7-6-22-21-5-4-18-14-25(2,29)10-8-19(18)20(21)9-11-26(22,23)3;1-17-15-27(12-13-30-17)16-24(28)23-7-6-22-21-5-4-18-14-25(2,29)10-8-19(18)20(21)9-11-26(22,23)3/h18,20-25,33H,5-17H2,1-4H3;2*17-23,29H,4-16H2,1-3H3/t18-,20+,21+,22-,23+,24+,25-,27+,28+;17-,18+,19-,20+,21+,22-,23+,25+,26-;17-,18-,19+,20-,21-,22+,23-,25-,26+/m101/s1. The van der Waals surface area contributed by atoms with Gasteiger partial charge in [-0.1, -0.05) is 27.7 Å². The predicted molar refractivity (Wildman–Crippen MR) is 366 cm³/mol. The van der Waals surface area contributed by atoms with E-state index in [1.807, 2.05) is 4.90 Å². The molecule has 0 spiro atoms. The van der Waals surface area contributed by atoms with Crippen LogP contribution in [0.4, 0.5) is 0 Å². The summed E-state index contributed by atoms with van der Waals surface area (Å²) in [6.07, 6.45) is 31.4. The van der Waals surface area contributed by atoms with E-state index >= 15 is 0 Å². The molecule has 13 nitrogen and oxygen atoms in total. The lowest BCUT2D eigenvalue weighted by Crippen LogP contribution is -2.53. The zero-order chi connectivity index (χ0) is 65.7. The van der Waals surface area contributed by atoms with Crippen molar-refractivity contribution in [3.8, 4) is 0 Å². The SMILES string of the molecule is CC(=O)N1CCN(CC(=O)[C@H]2CC[C@H]3[C@@H]4CC[C@H]5C[C@](C)(O)[C@H](C)C[C@@H]5[C@H]4CC[C@]23C)CC1.C[C@@H]1CN(CC(=O)[C@H]2CC[C@H]3[C@@H]4CC[C@@H]5C[C@](C)(O)CC[C@@H]5[C@H]4CC[C@]23C)CCO1.C[C@H]1COCCN1CC(=O)[C@H]1CC[C@H]2[C@@H]3CC[C@@H]4C[C@](C)(O)CC[C@@H]4[C@H]3CC[C@]12C. The fraction of sp³-hybridized carbons (Fsp3) is 0.950. The molecule has 3 N–H and O–H groups in total. The number of carbonyl (C=O) groups excluding carboxylic acids is 4. The summed E-state index contributed by atoms with van der Waals surface area (Å²) in [6, 6.07) is 0.363. The number of ether oxygens (including phenoxy) is 2. The normalized spacial score (nSPS) is 50.4. The molecule has 0 aromatic carbocycles. The zero-order valence-corrected chi connectivity index (χ0v) is 60.3. The third-order valence-electron chi connectivity index (χ3n) is 32.3. The van der Waals surface area contributed by atoms with Crippen LogP contribution in [0.1, 0.15) is 236 Å². The van der Waals surface area contributed by atoms with Crippen LogP contribution in [0.25, 0.3) is 0 Å². The van der Waals surface area contributed by atoms with E-state index in [1.54, 1.807) is 6.92 Å². The Hall–Kier alpha value is -1.84. The fourth-order valence-electron chi connectivity index (χ4n) is 27.2. The van der Waals surface area contributed by atoms with Crippen LogP contribution in [0.2, 0.25) is 0 Å². The number of hydrogen-bond acceptors (Lipinski definition) is 12. The number of rotatable bonds is 9. The van der Waals surface area contributed by atoms with E-state index in [0.29, 0.717) is 60.8 Å². The summed E-state index contributed by atoms with van der Waals surface area (Å²) in [7, 11) is 0. The molecular formula is C80H132N4O9. The van der Waals surface area contributed by atoms with Crippen molar-refractivity contribution in [1.82, 2.24) is 19.6 Å². The van der Waals surface area contributed by atoms with Gasteiger partial charge in [0.05, 0.1) is 62.4 Å². The Morgan fingerprint density at radius 1 is 0.441 bits per heavy atom. The van der Waals surface area contributed by atoms with Crippen LogP contribution in [0.15, 0.2) is 0 Å². The van der Waals surface area contributed by atoms with E-state index in [4.69, 9.17) is 9.47 Å². The Bertz CT molecular complexity index is 2660. The maximum Gasteiger partial charge on any atom is 0.219 e. The average Bonchev–Trinajstić information content (AvgIpc) is 1.72. The summed E-state index contributed by atoms with van der Waals surface area (Å²) in [6.45, 7) is 31.8. The van der Waals surface area contributed by atoms with Gasteiger partial charge in [0.15, 0.2) is 0 Å². The van der Waals surface area contributed by atoms with Gasteiger partial charge in [0.1, 0.15) is 17.3 Å². The van der Waals surface area contributed by atoms with Gasteiger partial charge in [-0.3, -0.25) is 33.9 Å². The molecule has 526 valence electrons. The van der Waals surface area contributed by atoms with Gasteiger partial charge in [-0.05, 0) is 312 Å². The van der Waals surface area contributed by atoms with E-state index in [0.717, 1.165) is 194 Å². The molecule has 1 amide bonds. The van der Waals surface area contributed by atoms with Crippen molar-refractivity contribution in [2.75, 3.05) is 85.3 Å². The van der Waals surface area contributed by atoms with Gasteiger partial charge in [0, 0.05) is 76.5 Å². The number of morpholine rings is 2. The number of Topliss-reactive ketones (excluding diaryl/α,β-unsaturated/α-hetero) is 3. The number of nitrogens with zero attached hydrogens (tertiary/aromatic N) is 4. The highest BCUT2D eigenvalue weighted by molar-refractivity contribution is 5.85. The van der Waals surface area contributed by atoms with Crippen LogP contribution in [0.5, 0.6) is 0 Å². The van der Waals surface area contributed by atoms with E-state index in [9.17, 15) is 34.5 Å². The molecule has 15 aliphatic rings. The molecule has 13 heteroatoms. The summed E-state index contributed by atoms with van der Waals surface area (Å²) in [5.74, 6) is 14.6. The molecule has 0 aromatic heterocycles. The first kappa shape index (κ1) is 69.6. The molecule has 12 saturated carbocycles. The van der Waals surface area contributed by atoms with Crippen molar-refractivity contribution >= 4 is 23.3 Å². The van der Waals surface area contributed by atoms with E-state index in [-0.39, 0.29) is 46.0 Å². The van der Waals surface area contributed by atoms with Crippen LogP contribution in [-0.4, -0.2) is 172 Å². The zero-order valence-electron chi connectivity index (χ0n) is 60.3. The molecule has 3 saturated heterocycles. The Labute approximate surface area is 563 Å². The Balaban J connectivity index is 0.000000127. The molecule has 0 aromatic rings. The largest absolute Gasteiger partial charge is 0.390 e. The van der Waals surface area contributed by atoms with E-state index < -0.39 is 16.8 Å². The van der Waals surface area contributed by atoms with Crippen LogP contribution >= 0.6 is 0 Å². The molecule has 15 fully saturated rings. The summed E-state index contributed by atoms with van der Waals surface area (Å²) in [5, 5.41) is 32.1. The predicted octanol–water partition coefficient (Wildman–Crippen LogP) is 12.6. The second-order valence-corrected chi connectivity index (χ2v) is 37.5. The van der Waals surface area contributed by atoms with Crippen molar-refractivity contribution in [3.05, 3.63) is 0 Å². The summed E-state index contributed by atoms with van der Waals surface area (Å²) >= 11 is 0. The van der Waals surface area contributed by atoms with Crippen LogP contribution < -0.4 is 0 Å². The van der Waals surface area contributed by atoms with Gasteiger partial charge in [-0.15, -0.1) is 0 Å². The minimum atomic E-state index is -0.488. The lowest BCUT2D eigenvalue weighted by Gasteiger charge is -2.58. The number of carbonyl (C=O) groups is 4. The number of piperazine rings is 1. The highest BCUT2D eigenvalue weighted by Crippen LogP contribution is 2.68. The highest BCUT2D eigenvalue weighted by Gasteiger charge is 2.63. The first-order valence-electron chi connectivity index (χ1n) is 39.5. The first-order valence-corrected chi connectivity index (χ1v) is 39.5. The molecule has 93 heavy (non-hydrogen) atoms. The molecule has 0 unspecified atom stereocenters. The van der Waals surface area contributed by atoms with Gasteiger partial charge in [0.25, 0.3) is 0 Å². The van der Waals surface area contributed by atoms with Crippen molar-refractivity contribution < 1.29 is 44.0 Å². The van der Waals surface area contributed by atoms with Crippen LogP contribution in [-0.2, 0) is 28.7 Å². The summed E-state index contributed by atoms with van der Waals surface area (Å²) in [5.41, 5.74) is -0.725. The monoisotopic (exact) mass is 1290 g/mol. The van der Waals surface area contributed by atoms with E-state index in [2.05, 4.69) is 77.0 Å². The topological polar surface area (TPSA) is 160 Å². The van der Waals surface area contributed by atoms with Crippen molar-refractivity contribution in [2.24, 2.45) is 129 Å². The van der Waals surface area contributed by atoms with Crippen molar-refractivity contribution in [1.29, 1.82) is 0 Å². The molecule has 3 aliphatic heterocycles. The molecular weight excluding hydrogens is 1160 g/mol. The quantitative estimate of drug-likeness (QED) is 0.201. The van der Waals surface area contributed by atoms with Crippen LogP contribution in [0.3, 0.4) is 0 Å². The molecule has 3 heterocycles. The molecule has 12 aliphatic carbocycles. The Morgan fingerprint density at radius 2 is 0.882 bits per heavy atom. The summed E-state index contributed by atoms with van der Waals surface area (Å²) < 4.78 is 11.2. The molecule has 0 bridgehead atoms. The third kappa shape index (κ3) is 13.7. The molecule has 0 radical (unpaired) electrons. The number of ketones is 3. The number of aliphatic hydroxyl groups is 3. The minimum absolute atomic E-state index is 0.148. The molecule has 15 rings (SSSR count). The van der Waals surface area contributed by atoms with Gasteiger partial charge in [-0.2, -0.15) is 0 Å². The fourth-order valence-corrected chi connectivity index (χ4v) is 27.2. The highest BCUT2D eigenvalue weighted by atomic mass is 16.5. The van der Waals surface area contributed by atoms with Crippen LogP contribution in [0, 0.1) is 129 Å². The number of fused-ring (bicyclic) bond motifs is 15. The Kier molecular flexibility index (Phi) is 20.4. The lowest BCUT2D eigenvalue weighted by molar-refractivity contribution is -0.138. The van der Waals surface area contributed by atoms with Crippen molar-refractivity contribution in [3.63, 3.8) is 0 Å². The maximum absolute atomic E-state index is 13.5. The first-order chi connectivity index (χ1) is 44.1. The lowest BCUT2D eigenvalue weighted by atomic mass is 9.48. The van der Waals surface area contributed by atoms with Gasteiger partial charge in [0.2, 0.25) is 5.91 Å². The minimum Gasteiger partial charge on any atom is -0.390 e. The second kappa shape index (κ2) is 27.3. The number of amides is 1. The van der Waals surface area contributed by atoms with Gasteiger partial charge >= 0.3 is 0 Å². The van der Waals surface area contributed by atoms with Gasteiger partial charge in [-0.25, -0.2) is 0 Å². The van der Waals surface area contributed by atoms with Gasteiger partial charge < -0.3 is 29.7 Å².